The highest BCUT2D eigenvalue weighted by Crippen LogP contribution is 2.35. The molecule has 0 unspecified atom stereocenters. The minimum atomic E-state index is -4.75. The SMILES string of the molecule is Cc1nc(SCc2ccccc2)nc(-c2c(F)c(F)c(F)c(F)c2F)c1CS(=O)(=O)O. The van der Waals surface area contributed by atoms with Crippen LogP contribution < -0.4 is 0 Å². The Kier molecular flexibility index (Phi) is 6.62. The van der Waals surface area contributed by atoms with Crippen molar-refractivity contribution in [3.8, 4) is 11.3 Å². The summed E-state index contributed by atoms with van der Waals surface area (Å²) in [5.74, 6) is -12.0. The van der Waals surface area contributed by atoms with Crippen molar-refractivity contribution in [2.45, 2.75) is 23.6 Å². The second-order valence-corrected chi connectivity index (χ2v) is 8.76. The number of benzene rings is 2. The first-order chi connectivity index (χ1) is 14.5. The second-order valence-electron chi connectivity index (χ2n) is 6.36. The summed E-state index contributed by atoms with van der Waals surface area (Å²) in [6, 6.07) is 8.92. The lowest BCUT2D eigenvalue weighted by Gasteiger charge is -2.15. The first-order valence-corrected chi connectivity index (χ1v) is 11.1. The first kappa shape index (κ1) is 23.1. The fraction of sp³-hybridized carbons (Fsp3) is 0.158. The van der Waals surface area contributed by atoms with E-state index in [0.717, 1.165) is 17.3 Å². The molecule has 2 aromatic carbocycles. The Hall–Kier alpha value is -2.57. The van der Waals surface area contributed by atoms with Crippen LogP contribution >= 0.6 is 11.8 Å². The van der Waals surface area contributed by atoms with E-state index in [9.17, 15) is 34.9 Å². The van der Waals surface area contributed by atoms with Crippen molar-refractivity contribution in [2.75, 3.05) is 0 Å². The van der Waals surface area contributed by atoms with Gasteiger partial charge in [0.25, 0.3) is 10.1 Å². The molecule has 0 bridgehead atoms. The fourth-order valence-electron chi connectivity index (χ4n) is 2.73. The van der Waals surface area contributed by atoms with E-state index < -0.39 is 61.8 Å². The Morgan fingerprint density at radius 3 is 2.00 bits per heavy atom. The summed E-state index contributed by atoms with van der Waals surface area (Å²) in [6.07, 6.45) is 0. The van der Waals surface area contributed by atoms with Gasteiger partial charge >= 0.3 is 0 Å². The summed E-state index contributed by atoms with van der Waals surface area (Å²) in [4.78, 5) is 7.93. The highest BCUT2D eigenvalue weighted by Gasteiger charge is 2.30. The molecule has 0 amide bonds. The zero-order valence-electron chi connectivity index (χ0n) is 15.7. The lowest BCUT2D eigenvalue weighted by molar-refractivity contribution is 0.381. The van der Waals surface area contributed by atoms with Gasteiger partial charge in [-0.3, -0.25) is 4.55 Å². The predicted octanol–water partition coefficient (Wildman–Crippen LogP) is 4.83. The standard InChI is InChI=1S/C19H13F5N2O3S2/c1-9-11(8-31(27,28)29)18(12-13(20)15(22)17(24)16(23)14(12)21)26-19(25-9)30-7-10-5-3-2-4-6-10/h2-6H,7-8H2,1H3,(H,27,28,29). The van der Waals surface area contributed by atoms with Crippen molar-refractivity contribution in [2.24, 2.45) is 0 Å². The lowest BCUT2D eigenvalue weighted by Crippen LogP contribution is -2.12. The number of nitrogens with zero attached hydrogens (tertiary/aromatic N) is 2. The smallest absolute Gasteiger partial charge is 0.269 e. The normalized spacial score (nSPS) is 11.7. The summed E-state index contributed by atoms with van der Waals surface area (Å²) >= 11 is 1.01. The van der Waals surface area contributed by atoms with Crippen LogP contribution in [0.3, 0.4) is 0 Å². The van der Waals surface area contributed by atoms with Gasteiger partial charge in [0.15, 0.2) is 28.4 Å². The Morgan fingerprint density at radius 2 is 1.45 bits per heavy atom. The first-order valence-electron chi connectivity index (χ1n) is 8.50. The molecule has 164 valence electrons. The molecule has 0 saturated heterocycles. The van der Waals surface area contributed by atoms with Crippen LogP contribution in [0.15, 0.2) is 35.5 Å². The Morgan fingerprint density at radius 1 is 0.903 bits per heavy atom. The van der Waals surface area contributed by atoms with Crippen LogP contribution in [0.2, 0.25) is 0 Å². The van der Waals surface area contributed by atoms with Crippen molar-refractivity contribution in [3.05, 3.63) is 76.2 Å². The van der Waals surface area contributed by atoms with Crippen molar-refractivity contribution < 1.29 is 34.9 Å². The molecular weight excluding hydrogens is 463 g/mol. The Labute approximate surface area is 178 Å². The van der Waals surface area contributed by atoms with E-state index in [1.165, 1.54) is 6.92 Å². The molecule has 3 rings (SSSR count). The Bertz CT molecular complexity index is 1230. The lowest BCUT2D eigenvalue weighted by atomic mass is 10.0. The summed E-state index contributed by atoms with van der Waals surface area (Å²) in [5.41, 5.74) is -1.97. The molecule has 1 heterocycles. The van der Waals surface area contributed by atoms with Gasteiger partial charge in [0.2, 0.25) is 5.82 Å². The van der Waals surface area contributed by atoms with Gasteiger partial charge in [-0.2, -0.15) is 8.42 Å². The highest BCUT2D eigenvalue weighted by molar-refractivity contribution is 7.98. The summed E-state index contributed by atoms with van der Waals surface area (Å²) in [5, 5.41) is -0.0839. The Balaban J connectivity index is 2.20. The molecule has 1 N–H and O–H groups in total. The van der Waals surface area contributed by atoms with E-state index in [-0.39, 0.29) is 10.9 Å². The molecule has 0 saturated carbocycles. The van der Waals surface area contributed by atoms with Crippen LogP contribution in [0.4, 0.5) is 22.0 Å². The molecule has 0 atom stereocenters. The van der Waals surface area contributed by atoms with Crippen LogP contribution in [0.25, 0.3) is 11.3 Å². The average molecular weight is 476 g/mol. The van der Waals surface area contributed by atoms with Gasteiger partial charge in [-0.25, -0.2) is 31.9 Å². The number of thioether (sulfide) groups is 1. The van der Waals surface area contributed by atoms with E-state index in [1.807, 2.05) is 0 Å². The summed E-state index contributed by atoms with van der Waals surface area (Å²) in [7, 11) is -4.75. The topological polar surface area (TPSA) is 80.2 Å². The minimum absolute atomic E-state index is 0.0839. The van der Waals surface area contributed by atoms with Crippen molar-refractivity contribution in [3.63, 3.8) is 0 Å². The second kappa shape index (κ2) is 8.89. The van der Waals surface area contributed by atoms with Crippen LogP contribution in [-0.2, 0) is 21.6 Å². The maximum atomic E-state index is 14.4. The van der Waals surface area contributed by atoms with Crippen molar-refractivity contribution in [1.82, 2.24) is 9.97 Å². The van der Waals surface area contributed by atoms with Gasteiger partial charge in [0, 0.05) is 17.0 Å². The molecular formula is C19H13F5N2O3S2. The number of rotatable bonds is 6. The molecule has 0 fully saturated rings. The fourth-order valence-corrected chi connectivity index (χ4v) is 4.29. The van der Waals surface area contributed by atoms with E-state index in [0.29, 0.717) is 5.75 Å². The van der Waals surface area contributed by atoms with E-state index in [4.69, 9.17) is 0 Å². The average Bonchev–Trinajstić information content (AvgIpc) is 2.71. The van der Waals surface area contributed by atoms with E-state index in [2.05, 4.69) is 9.97 Å². The van der Waals surface area contributed by atoms with Crippen LogP contribution in [-0.4, -0.2) is 22.9 Å². The highest BCUT2D eigenvalue weighted by atomic mass is 32.2. The van der Waals surface area contributed by atoms with Gasteiger partial charge in [0.05, 0.1) is 11.3 Å². The summed E-state index contributed by atoms with van der Waals surface area (Å²) in [6.45, 7) is 1.27. The van der Waals surface area contributed by atoms with Crippen LogP contribution in [0, 0.1) is 36.0 Å². The maximum absolute atomic E-state index is 14.4. The van der Waals surface area contributed by atoms with Gasteiger partial charge < -0.3 is 0 Å². The van der Waals surface area contributed by atoms with Crippen LogP contribution in [0.1, 0.15) is 16.8 Å². The minimum Gasteiger partial charge on any atom is -0.285 e. The zero-order valence-corrected chi connectivity index (χ0v) is 17.3. The molecule has 3 aromatic rings. The summed E-state index contributed by atoms with van der Waals surface area (Å²) < 4.78 is 102. The zero-order chi connectivity index (χ0) is 22.9. The molecule has 12 heteroatoms. The van der Waals surface area contributed by atoms with E-state index >= 15 is 0 Å². The quantitative estimate of drug-likeness (QED) is 0.137. The van der Waals surface area contributed by atoms with Gasteiger partial charge in [-0.1, -0.05) is 42.1 Å². The van der Waals surface area contributed by atoms with Crippen molar-refractivity contribution in [1.29, 1.82) is 0 Å². The molecule has 0 aliphatic carbocycles. The molecule has 0 aliphatic heterocycles. The maximum Gasteiger partial charge on any atom is 0.269 e. The molecule has 5 nitrogen and oxygen atoms in total. The third-order valence-corrected chi connectivity index (χ3v) is 5.75. The molecule has 31 heavy (non-hydrogen) atoms. The number of hydrogen-bond acceptors (Lipinski definition) is 5. The van der Waals surface area contributed by atoms with Gasteiger partial charge in [-0.05, 0) is 12.5 Å². The molecule has 1 aromatic heterocycles. The van der Waals surface area contributed by atoms with E-state index in [1.54, 1.807) is 30.3 Å². The van der Waals surface area contributed by atoms with Crippen molar-refractivity contribution >= 4 is 21.9 Å². The monoisotopic (exact) mass is 476 g/mol. The number of halogens is 5. The number of aryl methyl sites for hydroxylation is 1. The number of hydrogen-bond donors (Lipinski definition) is 1. The third-order valence-electron chi connectivity index (χ3n) is 4.18. The largest absolute Gasteiger partial charge is 0.285 e. The predicted molar refractivity (Wildman–Crippen MR) is 103 cm³/mol. The molecule has 0 radical (unpaired) electrons. The molecule has 0 spiro atoms. The van der Waals surface area contributed by atoms with Crippen LogP contribution in [0.5, 0.6) is 0 Å². The third kappa shape index (κ3) is 5.02. The molecule has 0 aliphatic rings. The number of aromatic nitrogens is 2. The van der Waals surface area contributed by atoms with Gasteiger partial charge in [0.1, 0.15) is 5.75 Å². The van der Waals surface area contributed by atoms with Gasteiger partial charge in [-0.15, -0.1) is 0 Å².